The van der Waals surface area contributed by atoms with Gasteiger partial charge in [0.2, 0.25) is 0 Å². The van der Waals surface area contributed by atoms with E-state index in [9.17, 15) is 9.90 Å². The summed E-state index contributed by atoms with van der Waals surface area (Å²) in [6.45, 7) is 1.78. The molecule has 7 heteroatoms. The fourth-order valence-electron chi connectivity index (χ4n) is 2.89. The van der Waals surface area contributed by atoms with Crippen molar-refractivity contribution in [1.29, 1.82) is 0 Å². The molecule has 3 heterocycles. The molecule has 0 aliphatic carbocycles. The average Bonchev–Trinajstić information content (AvgIpc) is 2.80. The minimum atomic E-state index is -0.207. The molecule has 1 aliphatic heterocycles. The van der Waals surface area contributed by atoms with E-state index in [2.05, 4.69) is 36.5 Å². The summed E-state index contributed by atoms with van der Waals surface area (Å²) in [7, 11) is 0. The number of hydrogen-bond donors (Lipinski definition) is 3. The van der Waals surface area contributed by atoms with Gasteiger partial charge in [0.05, 0.1) is 9.99 Å². The molecule has 0 bridgehead atoms. The predicted octanol–water partition coefficient (Wildman–Crippen LogP) is 1.48. The minimum absolute atomic E-state index is 0.0409. The number of carbonyl (C=O) groups excluding carboxylic acids is 1. The molecule has 0 aromatic carbocycles. The van der Waals surface area contributed by atoms with E-state index in [0.29, 0.717) is 11.2 Å². The van der Waals surface area contributed by atoms with Gasteiger partial charge in [-0.15, -0.1) is 0 Å². The number of rotatable bonds is 3. The van der Waals surface area contributed by atoms with Crippen LogP contribution in [-0.4, -0.2) is 46.7 Å². The van der Waals surface area contributed by atoms with E-state index < -0.39 is 0 Å². The lowest BCUT2D eigenvalue weighted by molar-refractivity contribution is 0.0897. The highest BCUT2D eigenvalue weighted by Crippen LogP contribution is 2.21. The molecule has 23 heavy (non-hydrogen) atoms. The zero-order valence-electron chi connectivity index (χ0n) is 12.6. The van der Waals surface area contributed by atoms with Gasteiger partial charge in [0.1, 0.15) is 5.69 Å². The van der Waals surface area contributed by atoms with Crippen LogP contribution >= 0.6 is 15.9 Å². The van der Waals surface area contributed by atoms with Crippen molar-refractivity contribution in [3.8, 4) is 0 Å². The van der Waals surface area contributed by atoms with E-state index in [1.54, 1.807) is 18.5 Å². The van der Waals surface area contributed by atoms with E-state index >= 15 is 0 Å². The van der Waals surface area contributed by atoms with E-state index in [1.165, 1.54) is 0 Å². The summed E-state index contributed by atoms with van der Waals surface area (Å²) in [5.74, 6) is -0.133. The molecule has 0 spiro atoms. The molecule has 1 fully saturated rings. The van der Waals surface area contributed by atoms with Crippen molar-refractivity contribution in [3.05, 3.63) is 34.7 Å². The minimum Gasteiger partial charge on any atom is -0.396 e. The molecule has 1 aliphatic rings. The second-order valence-electron chi connectivity index (χ2n) is 5.74. The maximum atomic E-state index is 12.5. The number of nitrogens with one attached hydrogen (secondary N) is 2. The molecule has 2 atom stereocenters. The molecule has 0 radical (unpaired) electrons. The largest absolute Gasteiger partial charge is 0.396 e. The lowest BCUT2D eigenvalue weighted by atomic mass is 9.95. The number of pyridine rings is 2. The zero-order valence-corrected chi connectivity index (χ0v) is 14.2. The summed E-state index contributed by atoms with van der Waals surface area (Å²) in [4.78, 5) is 21.1. The number of carbonyl (C=O) groups is 1. The third-order valence-corrected chi connectivity index (χ3v) is 4.81. The molecule has 2 aromatic heterocycles. The van der Waals surface area contributed by atoms with Crippen LogP contribution < -0.4 is 10.6 Å². The molecule has 122 valence electrons. The van der Waals surface area contributed by atoms with Crippen molar-refractivity contribution in [2.75, 3.05) is 19.7 Å². The number of fused-ring (bicyclic) bond motifs is 1. The van der Waals surface area contributed by atoms with E-state index in [0.717, 1.165) is 35.8 Å². The molecule has 1 amide bonds. The van der Waals surface area contributed by atoms with Crippen molar-refractivity contribution in [2.24, 2.45) is 5.92 Å². The van der Waals surface area contributed by atoms with Crippen LogP contribution in [0.25, 0.3) is 10.9 Å². The maximum Gasteiger partial charge on any atom is 0.270 e. The Labute approximate surface area is 142 Å². The maximum absolute atomic E-state index is 12.5. The highest BCUT2D eigenvalue weighted by Gasteiger charge is 2.25. The SMILES string of the molecule is O=C(NC1CCNCCC1CO)c1ccc2cncc(Br)c2n1. The van der Waals surface area contributed by atoms with Gasteiger partial charge < -0.3 is 15.7 Å². The normalized spacial score (nSPS) is 21.8. The highest BCUT2D eigenvalue weighted by molar-refractivity contribution is 9.10. The van der Waals surface area contributed by atoms with Crippen LogP contribution in [0.3, 0.4) is 0 Å². The van der Waals surface area contributed by atoms with Gasteiger partial charge in [-0.1, -0.05) is 0 Å². The number of aliphatic hydroxyl groups excluding tert-OH is 1. The van der Waals surface area contributed by atoms with Gasteiger partial charge in [0, 0.05) is 36.3 Å². The summed E-state index contributed by atoms with van der Waals surface area (Å²) in [5.41, 5.74) is 1.09. The van der Waals surface area contributed by atoms with E-state index in [-0.39, 0.29) is 24.5 Å². The lowest BCUT2D eigenvalue weighted by Crippen LogP contribution is -2.42. The van der Waals surface area contributed by atoms with Gasteiger partial charge in [-0.05, 0) is 54.0 Å². The highest BCUT2D eigenvalue weighted by atomic mass is 79.9. The first kappa shape index (κ1) is 16.3. The number of aliphatic hydroxyl groups is 1. The average molecular weight is 379 g/mol. The van der Waals surface area contributed by atoms with Gasteiger partial charge >= 0.3 is 0 Å². The summed E-state index contributed by atoms with van der Waals surface area (Å²) >= 11 is 3.41. The van der Waals surface area contributed by atoms with Crippen LogP contribution in [0.2, 0.25) is 0 Å². The number of halogens is 1. The number of amides is 1. The molecule has 2 unspecified atom stereocenters. The summed E-state index contributed by atoms with van der Waals surface area (Å²) in [6, 6.07) is 3.50. The van der Waals surface area contributed by atoms with Crippen molar-refractivity contribution in [1.82, 2.24) is 20.6 Å². The molecule has 1 saturated heterocycles. The van der Waals surface area contributed by atoms with E-state index in [1.807, 2.05) is 6.07 Å². The summed E-state index contributed by atoms with van der Waals surface area (Å²) < 4.78 is 0.761. The Bertz CT molecular complexity index is 710. The van der Waals surface area contributed by atoms with Crippen molar-refractivity contribution >= 4 is 32.7 Å². The number of aromatic nitrogens is 2. The van der Waals surface area contributed by atoms with Gasteiger partial charge in [-0.3, -0.25) is 9.78 Å². The summed E-state index contributed by atoms with van der Waals surface area (Å²) in [6.07, 6.45) is 5.03. The summed E-state index contributed by atoms with van der Waals surface area (Å²) in [5, 5.41) is 16.7. The zero-order chi connectivity index (χ0) is 16.2. The Morgan fingerprint density at radius 1 is 1.35 bits per heavy atom. The third kappa shape index (κ3) is 3.68. The van der Waals surface area contributed by atoms with Gasteiger partial charge in [-0.25, -0.2) is 4.98 Å². The van der Waals surface area contributed by atoms with Crippen LogP contribution in [-0.2, 0) is 0 Å². The first-order valence-corrected chi connectivity index (χ1v) is 8.51. The van der Waals surface area contributed by atoms with Crippen LogP contribution in [0.4, 0.5) is 0 Å². The molecule has 0 saturated carbocycles. The molecule has 3 rings (SSSR count). The Balaban J connectivity index is 1.81. The smallest absolute Gasteiger partial charge is 0.270 e. The van der Waals surface area contributed by atoms with Gasteiger partial charge in [0.25, 0.3) is 5.91 Å². The first-order valence-electron chi connectivity index (χ1n) is 7.71. The quantitative estimate of drug-likeness (QED) is 0.752. The van der Waals surface area contributed by atoms with Crippen LogP contribution in [0.5, 0.6) is 0 Å². The second-order valence-corrected chi connectivity index (χ2v) is 6.59. The Hall–Kier alpha value is -1.57. The Morgan fingerprint density at radius 2 is 2.17 bits per heavy atom. The monoisotopic (exact) mass is 378 g/mol. The molecule has 3 N–H and O–H groups in total. The van der Waals surface area contributed by atoms with Crippen molar-refractivity contribution in [3.63, 3.8) is 0 Å². The number of hydrogen-bond acceptors (Lipinski definition) is 5. The molecular weight excluding hydrogens is 360 g/mol. The van der Waals surface area contributed by atoms with Crippen LogP contribution in [0.1, 0.15) is 23.3 Å². The molecule has 2 aromatic rings. The Morgan fingerprint density at radius 3 is 3.00 bits per heavy atom. The topological polar surface area (TPSA) is 87.1 Å². The Kier molecular flexibility index (Phi) is 5.20. The molecular formula is C16H19BrN4O2. The molecule has 6 nitrogen and oxygen atoms in total. The lowest BCUT2D eigenvalue weighted by Gasteiger charge is -2.24. The van der Waals surface area contributed by atoms with Crippen molar-refractivity contribution < 1.29 is 9.90 Å². The fourth-order valence-corrected chi connectivity index (χ4v) is 3.33. The van der Waals surface area contributed by atoms with Crippen molar-refractivity contribution in [2.45, 2.75) is 18.9 Å². The van der Waals surface area contributed by atoms with E-state index in [4.69, 9.17) is 0 Å². The predicted molar refractivity (Wildman–Crippen MR) is 91.2 cm³/mol. The fraction of sp³-hybridized carbons (Fsp3) is 0.438. The second kappa shape index (κ2) is 7.33. The number of nitrogens with zero attached hydrogens (tertiary/aromatic N) is 2. The first-order chi connectivity index (χ1) is 11.2. The van der Waals surface area contributed by atoms with Gasteiger partial charge in [-0.2, -0.15) is 0 Å². The third-order valence-electron chi connectivity index (χ3n) is 4.23. The van der Waals surface area contributed by atoms with Crippen LogP contribution in [0, 0.1) is 5.92 Å². The van der Waals surface area contributed by atoms with Crippen LogP contribution in [0.15, 0.2) is 29.0 Å². The van der Waals surface area contributed by atoms with Gasteiger partial charge in [0.15, 0.2) is 0 Å². The standard InChI is InChI=1S/C16H19BrN4O2/c17-12-8-19-7-10-1-2-14(20-15(10)12)16(23)21-13-4-6-18-5-3-11(13)9-22/h1-2,7-8,11,13,18,22H,3-6,9H2,(H,21,23).